The van der Waals surface area contributed by atoms with Crippen molar-refractivity contribution in [1.82, 2.24) is 0 Å². The molecule has 0 aromatic rings. The summed E-state index contributed by atoms with van der Waals surface area (Å²) in [5.41, 5.74) is 0.652. The zero-order chi connectivity index (χ0) is 9.47. The molecule has 2 fully saturated rings. The van der Waals surface area contributed by atoms with Gasteiger partial charge < -0.3 is 4.74 Å². The van der Waals surface area contributed by atoms with Crippen molar-refractivity contribution in [1.29, 1.82) is 0 Å². The van der Waals surface area contributed by atoms with Crippen molar-refractivity contribution in [3.8, 4) is 0 Å². The molecule has 1 aliphatic carbocycles. The van der Waals surface area contributed by atoms with E-state index in [1.165, 1.54) is 19.3 Å². The van der Waals surface area contributed by atoms with Gasteiger partial charge in [-0.25, -0.2) is 0 Å². The van der Waals surface area contributed by atoms with Crippen LogP contribution >= 0.6 is 0 Å². The summed E-state index contributed by atoms with van der Waals surface area (Å²) < 4.78 is 5.53. The smallest absolute Gasteiger partial charge is 0.0498 e. The van der Waals surface area contributed by atoms with Gasteiger partial charge in [-0.3, -0.25) is 0 Å². The van der Waals surface area contributed by atoms with Crippen LogP contribution in [-0.2, 0) is 4.74 Å². The minimum Gasteiger partial charge on any atom is -0.381 e. The Labute approximate surface area is 81.9 Å². The number of hydrogen-bond donors (Lipinski definition) is 0. The summed E-state index contributed by atoms with van der Waals surface area (Å²) in [7, 11) is 0. The molecule has 1 aliphatic heterocycles. The van der Waals surface area contributed by atoms with Crippen molar-refractivity contribution in [2.75, 3.05) is 13.2 Å². The zero-order valence-corrected chi connectivity index (χ0v) is 9.18. The Bertz CT molecular complexity index is 174. The lowest BCUT2D eigenvalue weighted by molar-refractivity contribution is 0.115. The van der Waals surface area contributed by atoms with E-state index in [9.17, 15) is 0 Å². The highest BCUT2D eigenvalue weighted by Crippen LogP contribution is 2.54. The van der Waals surface area contributed by atoms with Gasteiger partial charge in [0.15, 0.2) is 0 Å². The first-order valence-corrected chi connectivity index (χ1v) is 5.75. The number of fused-ring (bicyclic) bond motifs is 1. The Morgan fingerprint density at radius 1 is 1.23 bits per heavy atom. The molecule has 0 amide bonds. The quantitative estimate of drug-likeness (QED) is 0.637. The monoisotopic (exact) mass is 182 g/mol. The van der Waals surface area contributed by atoms with Crippen LogP contribution in [0.15, 0.2) is 0 Å². The van der Waals surface area contributed by atoms with Gasteiger partial charge in [-0.2, -0.15) is 0 Å². The van der Waals surface area contributed by atoms with Crippen molar-refractivity contribution in [2.45, 2.75) is 40.0 Å². The Morgan fingerprint density at radius 3 is 2.15 bits per heavy atom. The van der Waals surface area contributed by atoms with Crippen LogP contribution in [0.25, 0.3) is 0 Å². The summed E-state index contributed by atoms with van der Waals surface area (Å²) in [5, 5.41) is 0. The van der Waals surface area contributed by atoms with Crippen LogP contribution in [0.2, 0.25) is 0 Å². The molecule has 0 spiro atoms. The molecule has 1 heterocycles. The van der Waals surface area contributed by atoms with E-state index in [0.717, 1.165) is 31.0 Å². The molecule has 2 aliphatic rings. The second-order valence-corrected chi connectivity index (χ2v) is 5.34. The van der Waals surface area contributed by atoms with E-state index < -0.39 is 0 Å². The third kappa shape index (κ3) is 1.41. The van der Waals surface area contributed by atoms with Crippen LogP contribution in [0.3, 0.4) is 0 Å². The number of ether oxygens (including phenoxy) is 1. The fourth-order valence-electron chi connectivity index (χ4n) is 3.39. The summed E-state index contributed by atoms with van der Waals surface area (Å²) >= 11 is 0. The molecular weight excluding hydrogens is 160 g/mol. The molecule has 2 rings (SSSR count). The van der Waals surface area contributed by atoms with E-state index in [4.69, 9.17) is 4.74 Å². The molecule has 0 aromatic heterocycles. The van der Waals surface area contributed by atoms with Crippen LogP contribution in [-0.4, -0.2) is 13.2 Å². The van der Waals surface area contributed by atoms with Gasteiger partial charge >= 0.3 is 0 Å². The first-order chi connectivity index (χ1) is 6.18. The molecule has 0 radical (unpaired) electrons. The Morgan fingerprint density at radius 2 is 1.77 bits per heavy atom. The van der Waals surface area contributed by atoms with Gasteiger partial charge in [0.1, 0.15) is 0 Å². The number of rotatable bonds is 2. The van der Waals surface area contributed by atoms with Crippen LogP contribution in [0.5, 0.6) is 0 Å². The van der Waals surface area contributed by atoms with E-state index in [0.29, 0.717) is 5.41 Å². The van der Waals surface area contributed by atoms with E-state index in [1.54, 1.807) is 0 Å². The SMILES string of the molecule is CCC1(C(C)C)CC2COCC2C1. The summed E-state index contributed by atoms with van der Waals surface area (Å²) in [6.45, 7) is 9.23. The van der Waals surface area contributed by atoms with E-state index in [-0.39, 0.29) is 0 Å². The summed E-state index contributed by atoms with van der Waals surface area (Å²) in [6.07, 6.45) is 4.20. The fourth-order valence-corrected chi connectivity index (χ4v) is 3.39. The van der Waals surface area contributed by atoms with Gasteiger partial charge in [-0.05, 0) is 36.0 Å². The summed E-state index contributed by atoms with van der Waals surface area (Å²) in [5.74, 6) is 2.63. The molecular formula is C12H22O. The maximum Gasteiger partial charge on any atom is 0.0498 e. The van der Waals surface area contributed by atoms with Crippen molar-refractivity contribution in [2.24, 2.45) is 23.2 Å². The third-order valence-corrected chi connectivity index (χ3v) is 4.60. The average Bonchev–Trinajstić information content (AvgIpc) is 2.59. The normalized spacial score (nSPS) is 44.3. The molecule has 1 nitrogen and oxygen atoms in total. The second-order valence-electron chi connectivity index (χ2n) is 5.34. The van der Waals surface area contributed by atoms with Crippen molar-refractivity contribution in [3.05, 3.63) is 0 Å². The lowest BCUT2D eigenvalue weighted by atomic mass is 9.73. The highest BCUT2D eigenvalue weighted by molar-refractivity contribution is 4.96. The minimum atomic E-state index is 0.652. The largest absolute Gasteiger partial charge is 0.381 e. The lowest BCUT2D eigenvalue weighted by Gasteiger charge is -2.33. The molecule has 0 bridgehead atoms. The zero-order valence-electron chi connectivity index (χ0n) is 9.18. The average molecular weight is 182 g/mol. The van der Waals surface area contributed by atoms with Gasteiger partial charge in [-0.1, -0.05) is 27.2 Å². The fraction of sp³-hybridized carbons (Fsp3) is 1.00. The van der Waals surface area contributed by atoms with E-state index in [2.05, 4.69) is 20.8 Å². The summed E-state index contributed by atoms with van der Waals surface area (Å²) in [4.78, 5) is 0. The second kappa shape index (κ2) is 3.27. The molecule has 1 heteroatoms. The molecule has 1 saturated heterocycles. The molecule has 0 aromatic carbocycles. The molecule has 0 N–H and O–H groups in total. The Hall–Kier alpha value is -0.0400. The standard InChI is InChI=1S/C12H22O/c1-4-12(9(2)3)5-10-7-13-8-11(10)6-12/h9-11H,4-8H2,1-3H3. The minimum absolute atomic E-state index is 0.652. The Balaban J connectivity index is 2.10. The highest BCUT2D eigenvalue weighted by Gasteiger charge is 2.47. The van der Waals surface area contributed by atoms with Crippen molar-refractivity contribution in [3.63, 3.8) is 0 Å². The van der Waals surface area contributed by atoms with E-state index in [1.807, 2.05) is 0 Å². The molecule has 2 unspecified atom stereocenters. The highest BCUT2D eigenvalue weighted by atomic mass is 16.5. The predicted molar refractivity (Wildman–Crippen MR) is 54.6 cm³/mol. The maximum absolute atomic E-state index is 5.53. The van der Waals surface area contributed by atoms with Crippen LogP contribution in [0.4, 0.5) is 0 Å². The molecule has 2 atom stereocenters. The van der Waals surface area contributed by atoms with Crippen molar-refractivity contribution < 1.29 is 4.74 Å². The van der Waals surface area contributed by atoms with Gasteiger partial charge in [0.05, 0.1) is 0 Å². The van der Waals surface area contributed by atoms with Crippen LogP contribution in [0, 0.1) is 23.2 Å². The topological polar surface area (TPSA) is 9.23 Å². The first-order valence-electron chi connectivity index (χ1n) is 5.75. The van der Waals surface area contributed by atoms with E-state index >= 15 is 0 Å². The predicted octanol–water partition coefficient (Wildman–Crippen LogP) is 3.10. The lowest BCUT2D eigenvalue weighted by Crippen LogP contribution is -2.24. The van der Waals surface area contributed by atoms with Crippen molar-refractivity contribution >= 4 is 0 Å². The molecule has 1 saturated carbocycles. The third-order valence-electron chi connectivity index (χ3n) is 4.60. The van der Waals surface area contributed by atoms with Crippen LogP contribution < -0.4 is 0 Å². The van der Waals surface area contributed by atoms with Gasteiger partial charge in [0.25, 0.3) is 0 Å². The number of hydrogen-bond acceptors (Lipinski definition) is 1. The van der Waals surface area contributed by atoms with Gasteiger partial charge in [0.2, 0.25) is 0 Å². The first kappa shape index (κ1) is 9.51. The summed E-state index contributed by atoms with van der Waals surface area (Å²) in [6, 6.07) is 0. The molecule has 76 valence electrons. The maximum atomic E-state index is 5.53. The van der Waals surface area contributed by atoms with Gasteiger partial charge in [0, 0.05) is 13.2 Å². The Kier molecular flexibility index (Phi) is 2.39. The molecule has 13 heavy (non-hydrogen) atoms. The van der Waals surface area contributed by atoms with Gasteiger partial charge in [-0.15, -0.1) is 0 Å². The van der Waals surface area contributed by atoms with Crippen LogP contribution in [0.1, 0.15) is 40.0 Å².